The van der Waals surface area contributed by atoms with Gasteiger partial charge in [0.05, 0.1) is 19.1 Å². The molecule has 0 bridgehead atoms. The van der Waals surface area contributed by atoms with Crippen LogP contribution in [0, 0.1) is 0 Å². The first kappa shape index (κ1) is 13.2. The molecule has 90 valence electrons. The third kappa shape index (κ3) is 5.25. The van der Waals surface area contributed by atoms with Crippen molar-refractivity contribution in [3.8, 4) is 0 Å². The van der Waals surface area contributed by atoms with E-state index in [2.05, 4.69) is 5.32 Å². The minimum Gasteiger partial charge on any atom is -0.391 e. The summed E-state index contributed by atoms with van der Waals surface area (Å²) in [5, 5.41) is 16.0. The summed E-state index contributed by atoms with van der Waals surface area (Å²) in [4.78, 5) is 11.4. The number of aliphatic hydroxyl groups is 1. The Labute approximate surface area is 99.2 Å². The first-order valence-corrected chi connectivity index (χ1v) is 6.11. The molecule has 4 nitrogen and oxygen atoms in total. The van der Waals surface area contributed by atoms with Gasteiger partial charge in [-0.2, -0.15) is 11.3 Å². The second-order valence-corrected chi connectivity index (χ2v) is 4.34. The Kier molecular flexibility index (Phi) is 6.07. The molecule has 0 aliphatic carbocycles. The lowest BCUT2D eigenvalue weighted by atomic mass is 10.2. The Balaban J connectivity index is 2.11. The van der Waals surface area contributed by atoms with Crippen molar-refractivity contribution < 1.29 is 14.6 Å². The molecule has 1 aromatic heterocycles. The Morgan fingerprint density at radius 3 is 3.12 bits per heavy atom. The van der Waals surface area contributed by atoms with Crippen LogP contribution in [-0.2, 0) is 16.0 Å². The number of nitrogens with one attached hydrogen (secondary N) is 1. The second-order valence-electron chi connectivity index (χ2n) is 3.56. The summed E-state index contributed by atoms with van der Waals surface area (Å²) in [6.45, 7) is 0.786. The fourth-order valence-electron chi connectivity index (χ4n) is 1.30. The summed E-state index contributed by atoms with van der Waals surface area (Å²) in [7, 11) is 1.54. The van der Waals surface area contributed by atoms with Gasteiger partial charge in [-0.1, -0.05) is 0 Å². The Morgan fingerprint density at radius 2 is 2.50 bits per heavy atom. The van der Waals surface area contributed by atoms with Gasteiger partial charge in [-0.15, -0.1) is 0 Å². The number of rotatable bonds is 7. The van der Waals surface area contributed by atoms with E-state index in [1.165, 1.54) is 0 Å². The van der Waals surface area contributed by atoms with Crippen molar-refractivity contribution in [3.05, 3.63) is 22.4 Å². The number of methoxy groups -OCH3 is 1. The number of hydrogen-bond donors (Lipinski definition) is 2. The van der Waals surface area contributed by atoms with Gasteiger partial charge < -0.3 is 15.2 Å². The molecule has 2 N–H and O–H groups in total. The van der Waals surface area contributed by atoms with Gasteiger partial charge in [-0.3, -0.25) is 4.79 Å². The summed E-state index contributed by atoms with van der Waals surface area (Å²) in [5.41, 5.74) is 1.03. The highest BCUT2D eigenvalue weighted by Crippen LogP contribution is 2.06. The van der Waals surface area contributed by atoms with E-state index in [-0.39, 0.29) is 5.91 Å². The predicted molar refractivity (Wildman–Crippen MR) is 63.5 cm³/mol. The van der Waals surface area contributed by atoms with E-state index in [0.717, 1.165) is 5.56 Å². The summed E-state index contributed by atoms with van der Waals surface area (Å²) >= 11 is 1.58. The van der Waals surface area contributed by atoms with Crippen LogP contribution in [0.4, 0.5) is 0 Å². The number of hydrogen-bond acceptors (Lipinski definition) is 4. The lowest BCUT2D eigenvalue weighted by Gasteiger charge is -2.09. The zero-order valence-electron chi connectivity index (χ0n) is 9.31. The van der Waals surface area contributed by atoms with Gasteiger partial charge in [0.2, 0.25) is 5.91 Å². The quantitative estimate of drug-likeness (QED) is 0.745. The third-order valence-electron chi connectivity index (χ3n) is 2.10. The maximum Gasteiger partial charge on any atom is 0.224 e. The van der Waals surface area contributed by atoms with Crippen LogP contribution in [0.3, 0.4) is 0 Å². The molecule has 0 spiro atoms. The summed E-state index contributed by atoms with van der Waals surface area (Å²) < 4.78 is 4.79. The number of thiophene rings is 1. The molecule has 1 aromatic rings. The van der Waals surface area contributed by atoms with Crippen LogP contribution in [0.1, 0.15) is 12.0 Å². The molecule has 0 fully saturated rings. The summed E-state index contributed by atoms with van der Waals surface area (Å²) in [6, 6.07) is 1.93. The smallest absolute Gasteiger partial charge is 0.224 e. The topological polar surface area (TPSA) is 58.6 Å². The average molecular weight is 243 g/mol. The van der Waals surface area contributed by atoms with Crippen LogP contribution < -0.4 is 5.32 Å². The standard InChI is InChI=1S/C11H17NO3S/c1-15-7-10(13)2-4-12-11(14)6-9-3-5-16-8-9/h3,5,8,10,13H,2,4,6-7H2,1H3,(H,12,14). The highest BCUT2D eigenvalue weighted by Gasteiger charge is 2.06. The van der Waals surface area contributed by atoms with Crippen LogP contribution in [-0.4, -0.2) is 37.4 Å². The molecule has 1 heterocycles. The molecule has 0 radical (unpaired) electrons. The van der Waals surface area contributed by atoms with E-state index in [4.69, 9.17) is 4.74 Å². The molecule has 0 saturated carbocycles. The molecule has 1 unspecified atom stereocenters. The van der Waals surface area contributed by atoms with Crippen molar-refractivity contribution in [2.24, 2.45) is 0 Å². The van der Waals surface area contributed by atoms with Gasteiger partial charge in [-0.05, 0) is 28.8 Å². The number of carbonyl (C=O) groups is 1. The molecule has 0 saturated heterocycles. The Bertz CT molecular complexity index is 300. The number of carbonyl (C=O) groups excluding carboxylic acids is 1. The predicted octanol–water partition coefficient (Wildman–Crippen LogP) is 0.804. The van der Waals surface area contributed by atoms with Crippen LogP contribution in [0.2, 0.25) is 0 Å². The van der Waals surface area contributed by atoms with Crippen molar-refractivity contribution in [2.75, 3.05) is 20.3 Å². The van der Waals surface area contributed by atoms with Crippen molar-refractivity contribution in [1.82, 2.24) is 5.32 Å². The van der Waals surface area contributed by atoms with E-state index in [0.29, 0.717) is 26.0 Å². The van der Waals surface area contributed by atoms with Crippen molar-refractivity contribution in [1.29, 1.82) is 0 Å². The highest BCUT2D eigenvalue weighted by atomic mass is 32.1. The minimum absolute atomic E-state index is 0.0111. The van der Waals surface area contributed by atoms with Crippen LogP contribution in [0.25, 0.3) is 0 Å². The van der Waals surface area contributed by atoms with E-state index >= 15 is 0 Å². The van der Waals surface area contributed by atoms with E-state index < -0.39 is 6.10 Å². The minimum atomic E-state index is -0.508. The van der Waals surface area contributed by atoms with Gasteiger partial charge in [0.1, 0.15) is 0 Å². The Hall–Kier alpha value is -0.910. The normalized spacial score (nSPS) is 12.4. The van der Waals surface area contributed by atoms with Gasteiger partial charge in [0, 0.05) is 13.7 Å². The molecular formula is C11H17NO3S. The van der Waals surface area contributed by atoms with Crippen LogP contribution in [0.5, 0.6) is 0 Å². The number of aliphatic hydroxyl groups excluding tert-OH is 1. The fraction of sp³-hybridized carbons (Fsp3) is 0.545. The van der Waals surface area contributed by atoms with Crippen LogP contribution in [0.15, 0.2) is 16.8 Å². The van der Waals surface area contributed by atoms with Gasteiger partial charge in [0.25, 0.3) is 0 Å². The van der Waals surface area contributed by atoms with Crippen molar-refractivity contribution in [3.63, 3.8) is 0 Å². The molecule has 1 rings (SSSR count). The SMILES string of the molecule is COCC(O)CCNC(=O)Cc1ccsc1. The lowest BCUT2D eigenvalue weighted by Crippen LogP contribution is -2.29. The van der Waals surface area contributed by atoms with E-state index in [1.807, 2.05) is 16.8 Å². The van der Waals surface area contributed by atoms with Crippen molar-refractivity contribution >= 4 is 17.2 Å². The van der Waals surface area contributed by atoms with Gasteiger partial charge in [-0.25, -0.2) is 0 Å². The highest BCUT2D eigenvalue weighted by molar-refractivity contribution is 7.07. The summed E-state index contributed by atoms with van der Waals surface area (Å²) in [6.07, 6.45) is 0.416. The van der Waals surface area contributed by atoms with Crippen LogP contribution >= 0.6 is 11.3 Å². The molecule has 1 atom stereocenters. The molecule has 0 aliphatic heterocycles. The van der Waals surface area contributed by atoms with E-state index in [9.17, 15) is 9.90 Å². The maximum atomic E-state index is 11.4. The second kappa shape index (κ2) is 7.38. The van der Waals surface area contributed by atoms with Gasteiger partial charge in [0.15, 0.2) is 0 Å². The molecule has 1 amide bonds. The number of ether oxygens (including phenoxy) is 1. The third-order valence-corrected chi connectivity index (χ3v) is 2.84. The largest absolute Gasteiger partial charge is 0.391 e. The lowest BCUT2D eigenvalue weighted by molar-refractivity contribution is -0.120. The molecule has 0 aliphatic rings. The average Bonchev–Trinajstić information content (AvgIpc) is 2.70. The van der Waals surface area contributed by atoms with E-state index in [1.54, 1.807) is 18.4 Å². The zero-order valence-corrected chi connectivity index (χ0v) is 10.1. The maximum absolute atomic E-state index is 11.4. The van der Waals surface area contributed by atoms with Gasteiger partial charge >= 0.3 is 0 Å². The van der Waals surface area contributed by atoms with Crippen molar-refractivity contribution in [2.45, 2.75) is 18.9 Å². The first-order chi connectivity index (χ1) is 7.72. The molecule has 16 heavy (non-hydrogen) atoms. The summed E-state index contributed by atoms with van der Waals surface area (Å²) in [5.74, 6) is -0.0111. The molecular weight excluding hydrogens is 226 g/mol. The zero-order chi connectivity index (χ0) is 11.8. The molecule has 5 heteroatoms. The number of amides is 1. The Morgan fingerprint density at radius 1 is 1.69 bits per heavy atom. The first-order valence-electron chi connectivity index (χ1n) is 5.17. The monoisotopic (exact) mass is 243 g/mol. The molecule has 0 aromatic carbocycles. The fourth-order valence-corrected chi connectivity index (χ4v) is 1.96.